The van der Waals surface area contributed by atoms with E-state index in [-0.39, 0.29) is 0 Å². The molecule has 0 aromatic rings. The molecule has 0 aliphatic rings. The number of aliphatic hydroxyl groups excluding tert-OH is 2. The van der Waals surface area contributed by atoms with Crippen molar-refractivity contribution in [2.45, 2.75) is 24.4 Å². The molecule has 0 rings (SSSR count). The van der Waals surface area contributed by atoms with Gasteiger partial charge in [-0.15, -0.1) is 0 Å². The van der Waals surface area contributed by atoms with E-state index in [1.54, 1.807) is 0 Å². The Morgan fingerprint density at radius 1 is 0.778 bits per heavy atom. The summed E-state index contributed by atoms with van der Waals surface area (Å²) in [7, 11) is -3.13. The maximum absolute atomic E-state index is 8.74. The van der Waals surface area contributed by atoms with Crippen LogP contribution in [0.15, 0.2) is 0 Å². The molecule has 14 N–H and O–H groups in total. The number of rotatable bonds is 2. The summed E-state index contributed by atoms with van der Waals surface area (Å²) in [6, 6.07) is 0. The van der Waals surface area contributed by atoms with Gasteiger partial charge in [-0.3, -0.25) is 15.9 Å². The average Bonchev–Trinajstić information content (AvgIpc) is 1.99. The van der Waals surface area contributed by atoms with Crippen molar-refractivity contribution in [3.8, 4) is 0 Å². The van der Waals surface area contributed by atoms with Crippen molar-refractivity contribution >= 4 is 9.17 Å². The van der Waals surface area contributed by atoms with Gasteiger partial charge in [0.2, 0.25) is 12.6 Å². The minimum atomic E-state index is -3.13. The summed E-state index contributed by atoms with van der Waals surface area (Å²) >= 11 is 0. The van der Waals surface area contributed by atoms with Crippen molar-refractivity contribution in [3.63, 3.8) is 0 Å². The summed E-state index contributed by atoms with van der Waals surface area (Å²) in [4.78, 5) is 14.3. The van der Waals surface area contributed by atoms with Crippen molar-refractivity contribution in [3.05, 3.63) is 0 Å². The van der Waals surface area contributed by atoms with Gasteiger partial charge in [0.15, 0.2) is 0 Å². The molecule has 0 aromatic heterocycles. The van der Waals surface area contributed by atoms with Gasteiger partial charge in [-0.05, 0) is 0 Å². The van der Waals surface area contributed by atoms with E-state index < -0.39 is 33.6 Å². The molecule has 0 saturated carbocycles. The van der Waals surface area contributed by atoms with E-state index in [0.29, 0.717) is 0 Å². The molecule has 0 spiro atoms. The van der Waals surface area contributed by atoms with Crippen molar-refractivity contribution in [1.29, 1.82) is 0 Å². The zero-order valence-electron chi connectivity index (χ0n) is 8.69. The summed E-state index contributed by atoms with van der Waals surface area (Å²) in [6.07, 6.45) is -4.63. The molecule has 0 unspecified atom stereocenters. The van der Waals surface area contributed by atoms with E-state index in [9.17, 15) is 0 Å². The fraction of sp³-hybridized carbons (Fsp3) is 1.00. The molecular weight excluding hydrogens is 280 g/mol. The SMILES string of the molecule is NC(O)(O)C(O)O.NC(O)(O)C(O)O.O=[Si](O)O. The van der Waals surface area contributed by atoms with Gasteiger partial charge in [-0.2, -0.15) is 0 Å². The summed E-state index contributed by atoms with van der Waals surface area (Å²) in [6.45, 7) is 0. The molecule has 18 heavy (non-hydrogen) atoms. The highest BCUT2D eigenvalue weighted by atomic mass is 28.3. The van der Waals surface area contributed by atoms with Gasteiger partial charge in [-0.25, -0.2) is 0 Å². The zero-order chi connectivity index (χ0) is 15.7. The van der Waals surface area contributed by atoms with Crippen LogP contribution in [-0.4, -0.2) is 84.0 Å². The van der Waals surface area contributed by atoms with Crippen LogP contribution >= 0.6 is 0 Å². The minimum absolute atomic E-state index is 2.31. The summed E-state index contributed by atoms with van der Waals surface area (Å²) < 4.78 is 8.74. The van der Waals surface area contributed by atoms with Crippen LogP contribution in [0.4, 0.5) is 0 Å². The van der Waals surface area contributed by atoms with Gasteiger partial charge < -0.3 is 50.4 Å². The largest absolute Gasteiger partial charge is 0.761 e. The van der Waals surface area contributed by atoms with Crippen LogP contribution in [0.25, 0.3) is 0 Å². The van der Waals surface area contributed by atoms with Crippen LogP contribution in [-0.2, 0) is 4.46 Å². The van der Waals surface area contributed by atoms with Crippen LogP contribution < -0.4 is 11.5 Å². The van der Waals surface area contributed by atoms with Crippen LogP contribution in [0.5, 0.6) is 0 Å². The Morgan fingerprint density at radius 2 is 0.833 bits per heavy atom. The molecule has 0 aliphatic carbocycles. The Balaban J connectivity index is -0.000000196. The van der Waals surface area contributed by atoms with Crippen molar-refractivity contribution < 1.29 is 54.9 Å². The molecule has 0 amide bonds. The monoisotopic (exact) mass is 296 g/mol. The number of hydrogen-bond donors (Lipinski definition) is 12. The molecule has 112 valence electrons. The van der Waals surface area contributed by atoms with Crippen molar-refractivity contribution in [1.82, 2.24) is 0 Å². The number of hydrogen-bond acceptors (Lipinski definition) is 11. The fourth-order valence-electron chi connectivity index (χ4n) is 0. The Bertz CT molecular complexity index is 198. The third kappa shape index (κ3) is 24.4. The van der Waals surface area contributed by atoms with Gasteiger partial charge in [0.25, 0.3) is 11.8 Å². The van der Waals surface area contributed by atoms with E-state index >= 15 is 0 Å². The molecule has 0 atom stereocenters. The van der Waals surface area contributed by atoms with Gasteiger partial charge >= 0.3 is 9.17 Å². The topological polar surface area (TPSA) is 271 Å². The molecule has 0 aliphatic heterocycles. The molecule has 14 heteroatoms. The standard InChI is InChI=1S/2C2H7NO4.H2O3Si/c2*3-2(6,7)1(4)5;1-4(2)3/h2*1,4-7H,3H2;1-2H. The summed E-state index contributed by atoms with van der Waals surface area (Å²) in [5.41, 5.74) is 8.58. The first-order valence-electron chi connectivity index (χ1n) is 3.73. The molecule has 0 aromatic carbocycles. The number of aliphatic hydroxyl groups is 8. The normalized spacial score (nSPS) is 11.3. The highest BCUT2D eigenvalue weighted by Crippen LogP contribution is 1.90. The molecule has 0 fully saturated rings. The number of nitrogens with two attached hydrogens (primary N) is 2. The van der Waals surface area contributed by atoms with Crippen LogP contribution in [0.1, 0.15) is 0 Å². The third-order valence-electron chi connectivity index (χ3n) is 0.760. The second-order valence-corrected chi connectivity index (χ2v) is 3.16. The minimum Gasteiger partial charge on any atom is -0.511 e. The van der Waals surface area contributed by atoms with Crippen LogP contribution in [0.3, 0.4) is 0 Å². The van der Waals surface area contributed by atoms with E-state index in [2.05, 4.69) is 11.5 Å². The Kier molecular flexibility index (Phi) is 11.4. The van der Waals surface area contributed by atoms with Gasteiger partial charge in [0.05, 0.1) is 0 Å². The fourth-order valence-corrected chi connectivity index (χ4v) is 0. The van der Waals surface area contributed by atoms with E-state index in [1.165, 1.54) is 0 Å². The predicted molar refractivity (Wildman–Crippen MR) is 50.0 cm³/mol. The highest BCUT2D eigenvalue weighted by Gasteiger charge is 2.25. The van der Waals surface area contributed by atoms with Crippen molar-refractivity contribution in [2.75, 3.05) is 0 Å². The van der Waals surface area contributed by atoms with Crippen LogP contribution in [0, 0.1) is 0 Å². The lowest BCUT2D eigenvalue weighted by Gasteiger charge is -2.16. The maximum Gasteiger partial charge on any atom is 0.761 e. The first-order chi connectivity index (χ1) is 7.62. The lowest BCUT2D eigenvalue weighted by atomic mass is 10.5. The average molecular weight is 296 g/mol. The Labute approximate surface area is 101 Å². The highest BCUT2D eigenvalue weighted by molar-refractivity contribution is 6.22. The molecule has 0 saturated heterocycles. The maximum atomic E-state index is 8.74. The Morgan fingerprint density at radius 3 is 0.833 bits per heavy atom. The first kappa shape index (κ1) is 22.4. The molecule has 0 radical (unpaired) electrons. The molecule has 0 bridgehead atoms. The lowest BCUT2D eigenvalue weighted by Crippen LogP contribution is -2.50. The van der Waals surface area contributed by atoms with Gasteiger partial charge in [0.1, 0.15) is 0 Å². The summed E-state index contributed by atoms with van der Waals surface area (Å²) in [5, 5.41) is 63.0. The molecule has 13 nitrogen and oxygen atoms in total. The van der Waals surface area contributed by atoms with E-state index in [1.807, 2.05) is 0 Å². The second kappa shape index (κ2) is 9.19. The second-order valence-electron chi connectivity index (χ2n) is 2.60. The Hall–Kier alpha value is -0.783. The van der Waals surface area contributed by atoms with E-state index in [0.717, 1.165) is 0 Å². The smallest absolute Gasteiger partial charge is 0.511 e. The van der Waals surface area contributed by atoms with Crippen LogP contribution in [0.2, 0.25) is 0 Å². The first-order valence-corrected chi connectivity index (χ1v) is 5.04. The lowest BCUT2D eigenvalue weighted by molar-refractivity contribution is -0.285. The molecule has 0 heterocycles. The van der Waals surface area contributed by atoms with Gasteiger partial charge in [0, 0.05) is 0 Å². The van der Waals surface area contributed by atoms with Crippen molar-refractivity contribution in [2.24, 2.45) is 11.5 Å². The predicted octanol–water partition coefficient (Wildman–Crippen LogP) is -7.83. The van der Waals surface area contributed by atoms with E-state index in [4.69, 9.17) is 54.9 Å². The molecular formula is C4H16N2O11Si. The van der Waals surface area contributed by atoms with Gasteiger partial charge in [-0.1, -0.05) is 0 Å². The zero-order valence-corrected chi connectivity index (χ0v) is 9.69. The third-order valence-corrected chi connectivity index (χ3v) is 0.760. The quantitative estimate of drug-likeness (QED) is 0.167. The summed E-state index contributed by atoms with van der Waals surface area (Å²) in [5.74, 6) is -5.78.